The summed E-state index contributed by atoms with van der Waals surface area (Å²) in [6.07, 6.45) is 1.73. The lowest BCUT2D eigenvalue weighted by atomic mass is 9.88. The largest absolute Gasteiger partial charge is 0.497 e. The highest BCUT2D eigenvalue weighted by molar-refractivity contribution is 7.13. The zero-order chi connectivity index (χ0) is 28.1. The van der Waals surface area contributed by atoms with Crippen LogP contribution in [0.4, 0.5) is 10.1 Å². The van der Waals surface area contributed by atoms with Gasteiger partial charge in [-0.05, 0) is 67.1 Å². The Morgan fingerprint density at radius 1 is 1.05 bits per heavy atom. The van der Waals surface area contributed by atoms with Gasteiger partial charge in [0, 0.05) is 22.9 Å². The molecule has 0 aliphatic carbocycles. The number of rotatable bonds is 6. The molecular formula is C30H26FN5O3S. The number of hydrogen-bond donors (Lipinski definition) is 1. The first-order chi connectivity index (χ1) is 19.3. The second-order valence-corrected chi connectivity index (χ2v) is 10.9. The Labute approximate surface area is 233 Å². The van der Waals surface area contributed by atoms with Gasteiger partial charge in [0.05, 0.1) is 41.3 Å². The van der Waals surface area contributed by atoms with E-state index in [2.05, 4.69) is 5.10 Å². The Morgan fingerprint density at radius 3 is 2.40 bits per heavy atom. The summed E-state index contributed by atoms with van der Waals surface area (Å²) in [4.78, 5) is 32.9. The maximum absolute atomic E-state index is 13.9. The maximum Gasteiger partial charge on any atom is 0.260 e. The van der Waals surface area contributed by atoms with E-state index >= 15 is 0 Å². The number of carbonyl (C=O) groups is 2. The Balaban J connectivity index is 1.47. The summed E-state index contributed by atoms with van der Waals surface area (Å²) in [6, 6.07) is 19.1. The molecule has 8 nitrogen and oxygen atoms in total. The van der Waals surface area contributed by atoms with E-state index in [1.165, 1.54) is 23.5 Å². The van der Waals surface area contributed by atoms with Gasteiger partial charge in [0.15, 0.2) is 0 Å². The van der Waals surface area contributed by atoms with Crippen molar-refractivity contribution in [2.24, 2.45) is 11.7 Å². The number of nitrogens with zero attached hydrogens (tertiary/aromatic N) is 4. The van der Waals surface area contributed by atoms with Gasteiger partial charge < -0.3 is 15.4 Å². The van der Waals surface area contributed by atoms with Crippen molar-refractivity contribution in [2.45, 2.75) is 25.8 Å². The van der Waals surface area contributed by atoms with Crippen LogP contribution in [0.25, 0.3) is 16.6 Å². The lowest BCUT2D eigenvalue weighted by Gasteiger charge is -2.28. The number of nitrogens with two attached hydrogens (primary N) is 1. The van der Waals surface area contributed by atoms with E-state index in [1.54, 1.807) is 37.0 Å². The minimum absolute atomic E-state index is 0.0513. The average Bonchev–Trinajstić information content (AvgIpc) is 3.62. The van der Waals surface area contributed by atoms with Crippen molar-refractivity contribution in [1.29, 1.82) is 0 Å². The Bertz CT molecular complexity index is 1750. The van der Waals surface area contributed by atoms with Crippen LogP contribution in [0.3, 0.4) is 0 Å². The van der Waals surface area contributed by atoms with Crippen molar-refractivity contribution in [3.8, 4) is 11.4 Å². The number of anilines is 1. The number of thiazole rings is 1. The first-order valence-electron chi connectivity index (χ1n) is 12.7. The summed E-state index contributed by atoms with van der Waals surface area (Å²) in [6.45, 7) is 3.66. The summed E-state index contributed by atoms with van der Waals surface area (Å²) in [5, 5.41) is 6.04. The molecule has 0 radical (unpaired) electrons. The molecule has 0 unspecified atom stereocenters. The van der Waals surface area contributed by atoms with Crippen molar-refractivity contribution in [3.05, 3.63) is 99.9 Å². The maximum atomic E-state index is 13.9. The Hall–Kier alpha value is -4.57. The van der Waals surface area contributed by atoms with Gasteiger partial charge in [-0.15, -0.1) is 11.3 Å². The third-order valence-corrected chi connectivity index (χ3v) is 8.74. The summed E-state index contributed by atoms with van der Waals surface area (Å²) < 4.78 is 20.6. The van der Waals surface area contributed by atoms with Gasteiger partial charge in [-0.25, -0.2) is 14.1 Å². The fourth-order valence-corrected chi connectivity index (χ4v) is 6.64. The molecule has 3 heterocycles. The van der Waals surface area contributed by atoms with Gasteiger partial charge in [-0.2, -0.15) is 5.10 Å². The Kier molecular flexibility index (Phi) is 6.34. The predicted octanol–water partition coefficient (Wildman–Crippen LogP) is 5.54. The van der Waals surface area contributed by atoms with Gasteiger partial charge in [-0.3, -0.25) is 9.59 Å². The van der Waals surface area contributed by atoms with E-state index in [9.17, 15) is 14.0 Å². The standard InChI is InChI=1S/C30H26FN5O3S/c1-16-25(29-34-17(2)27(40-29)28(32)37)26(18-4-11-23(39-3)12-5-18)35(30(16)38)22-10-13-24-19(14-22)15-33-36(24)21-8-6-20(31)7-9-21/h4-16,25-26H,1-3H3,(H2,32,37)/t16-,25-,26-/m0/s1. The number of primary amides is 1. The average molecular weight is 556 g/mol. The highest BCUT2D eigenvalue weighted by atomic mass is 32.1. The summed E-state index contributed by atoms with van der Waals surface area (Å²) in [5.74, 6) is -0.905. The number of benzene rings is 3. The normalized spacial score (nSPS) is 18.9. The van der Waals surface area contributed by atoms with Crippen molar-refractivity contribution in [1.82, 2.24) is 14.8 Å². The fraction of sp³-hybridized carbons (Fsp3) is 0.200. The molecular weight excluding hydrogens is 529 g/mol. The van der Waals surface area contributed by atoms with Crippen LogP contribution in [0.1, 0.15) is 44.8 Å². The molecule has 6 rings (SSSR count). The zero-order valence-electron chi connectivity index (χ0n) is 22.0. The molecule has 1 aliphatic rings. The van der Waals surface area contributed by atoms with Crippen LogP contribution in [0.2, 0.25) is 0 Å². The quantitative estimate of drug-likeness (QED) is 0.296. The van der Waals surface area contributed by atoms with Crippen molar-refractivity contribution in [3.63, 3.8) is 0 Å². The molecule has 3 aromatic carbocycles. The molecule has 3 atom stereocenters. The van der Waals surface area contributed by atoms with Crippen LogP contribution in [0.5, 0.6) is 5.75 Å². The van der Waals surface area contributed by atoms with E-state index in [-0.39, 0.29) is 23.7 Å². The number of amides is 2. The van der Waals surface area contributed by atoms with Crippen LogP contribution in [0, 0.1) is 18.7 Å². The first kappa shape index (κ1) is 25.7. The molecule has 0 bridgehead atoms. The molecule has 1 fully saturated rings. The van der Waals surface area contributed by atoms with Crippen LogP contribution in [-0.4, -0.2) is 33.7 Å². The first-order valence-corrected chi connectivity index (χ1v) is 13.6. The van der Waals surface area contributed by atoms with E-state index in [4.69, 9.17) is 15.5 Å². The third kappa shape index (κ3) is 4.21. The monoisotopic (exact) mass is 555 g/mol. The van der Waals surface area contributed by atoms with Gasteiger partial charge in [-0.1, -0.05) is 19.1 Å². The molecule has 10 heteroatoms. The SMILES string of the molecule is COc1ccc([C@H]2[C@@H](c3nc(C)c(C(N)=O)s3)[C@H](C)C(=O)N2c2ccc3c(cnn3-c3ccc(F)cc3)c2)cc1. The number of hydrogen-bond acceptors (Lipinski definition) is 6. The minimum atomic E-state index is -0.528. The van der Waals surface area contributed by atoms with Gasteiger partial charge in [0.2, 0.25) is 5.91 Å². The molecule has 0 spiro atoms. The Morgan fingerprint density at radius 2 is 1.75 bits per heavy atom. The highest BCUT2D eigenvalue weighted by Crippen LogP contribution is 2.51. The van der Waals surface area contributed by atoms with Crippen LogP contribution >= 0.6 is 11.3 Å². The van der Waals surface area contributed by atoms with Crippen LogP contribution in [0.15, 0.2) is 72.9 Å². The number of methoxy groups -OCH3 is 1. The number of halogens is 1. The minimum Gasteiger partial charge on any atom is -0.497 e. The molecule has 2 N–H and O–H groups in total. The van der Waals surface area contributed by atoms with Crippen molar-refractivity contribution in [2.75, 3.05) is 12.0 Å². The molecule has 1 aliphatic heterocycles. The smallest absolute Gasteiger partial charge is 0.260 e. The van der Waals surface area contributed by atoms with E-state index in [1.807, 2.05) is 54.3 Å². The summed E-state index contributed by atoms with van der Waals surface area (Å²) in [5.41, 5.74) is 9.36. The lowest BCUT2D eigenvalue weighted by Crippen LogP contribution is -2.29. The lowest BCUT2D eigenvalue weighted by molar-refractivity contribution is -0.120. The molecule has 2 amide bonds. The predicted molar refractivity (Wildman–Crippen MR) is 152 cm³/mol. The van der Waals surface area contributed by atoms with E-state index in [0.717, 1.165) is 27.8 Å². The molecule has 202 valence electrons. The molecule has 1 saturated heterocycles. The number of ether oxygens (including phenoxy) is 1. The topological polar surface area (TPSA) is 103 Å². The van der Waals surface area contributed by atoms with Gasteiger partial charge >= 0.3 is 0 Å². The molecule has 0 saturated carbocycles. The van der Waals surface area contributed by atoms with Crippen LogP contribution in [-0.2, 0) is 4.79 Å². The van der Waals surface area contributed by atoms with E-state index in [0.29, 0.717) is 21.3 Å². The van der Waals surface area contributed by atoms with Gasteiger partial charge in [0.25, 0.3) is 5.91 Å². The van der Waals surface area contributed by atoms with Gasteiger partial charge in [0.1, 0.15) is 16.4 Å². The third-order valence-electron chi connectivity index (χ3n) is 7.46. The van der Waals surface area contributed by atoms with Crippen molar-refractivity contribution >= 4 is 39.7 Å². The summed E-state index contributed by atoms with van der Waals surface area (Å²) in [7, 11) is 1.61. The zero-order valence-corrected chi connectivity index (χ0v) is 22.9. The second kappa shape index (κ2) is 9.87. The highest BCUT2D eigenvalue weighted by Gasteiger charge is 2.49. The van der Waals surface area contributed by atoms with E-state index < -0.39 is 11.8 Å². The van der Waals surface area contributed by atoms with Crippen LogP contribution < -0.4 is 15.4 Å². The number of fused-ring (bicyclic) bond motifs is 1. The number of carbonyl (C=O) groups excluding carboxylic acids is 2. The van der Waals surface area contributed by atoms with Crippen molar-refractivity contribution < 1.29 is 18.7 Å². The number of aryl methyl sites for hydroxylation is 1. The molecule has 2 aromatic heterocycles. The molecule has 40 heavy (non-hydrogen) atoms. The summed E-state index contributed by atoms with van der Waals surface area (Å²) >= 11 is 1.25. The second-order valence-electron chi connectivity index (χ2n) is 9.85. The molecule has 5 aromatic rings. The number of aromatic nitrogens is 3. The fourth-order valence-electron chi connectivity index (χ4n) is 5.49.